The van der Waals surface area contributed by atoms with Crippen molar-refractivity contribution in [3.8, 4) is 11.5 Å². The maximum atomic E-state index is 13.7. The molecule has 0 N–H and O–H groups in total. The SMILES string of the molecule is CCOC(=O)C1=C(C)N=c2sc(=Cc3ccc(OCC(C)C)cc3)c(=O)n2C1c1ccccc1OC. The van der Waals surface area contributed by atoms with Crippen LogP contribution in [0.4, 0.5) is 0 Å². The summed E-state index contributed by atoms with van der Waals surface area (Å²) in [5.74, 6) is 1.30. The van der Waals surface area contributed by atoms with Crippen molar-refractivity contribution >= 4 is 23.4 Å². The summed E-state index contributed by atoms with van der Waals surface area (Å²) in [5, 5.41) is 0. The molecule has 2 aromatic carbocycles. The van der Waals surface area contributed by atoms with Crippen LogP contribution in [0.15, 0.2) is 69.6 Å². The van der Waals surface area contributed by atoms with Gasteiger partial charge in [0.2, 0.25) is 0 Å². The van der Waals surface area contributed by atoms with Crippen molar-refractivity contribution in [1.82, 2.24) is 4.57 Å². The lowest BCUT2D eigenvalue weighted by molar-refractivity contribution is -0.139. The number of hydrogen-bond donors (Lipinski definition) is 0. The Hall–Kier alpha value is -3.65. The Labute approximate surface area is 214 Å². The Bertz CT molecular complexity index is 1460. The van der Waals surface area contributed by atoms with Gasteiger partial charge in [-0.3, -0.25) is 9.36 Å². The molecule has 8 heteroatoms. The Morgan fingerprint density at radius 3 is 2.56 bits per heavy atom. The van der Waals surface area contributed by atoms with Crippen LogP contribution in [0, 0.1) is 5.92 Å². The second-order valence-corrected chi connectivity index (χ2v) is 9.83. The van der Waals surface area contributed by atoms with Gasteiger partial charge in [-0.15, -0.1) is 0 Å². The van der Waals surface area contributed by atoms with Gasteiger partial charge in [0.1, 0.15) is 17.5 Å². The molecule has 0 bridgehead atoms. The zero-order valence-electron chi connectivity index (χ0n) is 21.1. The molecule has 7 nitrogen and oxygen atoms in total. The monoisotopic (exact) mass is 506 g/mol. The molecule has 3 aromatic rings. The first-order valence-electron chi connectivity index (χ1n) is 11.9. The number of para-hydroxylation sites is 1. The molecule has 1 atom stereocenters. The number of ether oxygens (including phenoxy) is 3. The van der Waals surface area contributed by atoms with E-state index in [0.29, 0.717) is 44.4 Å². The van der Waals surface area contributed by atoms with Gasteiger partial charge in [0.05, 0.1) is 36.1 Å². The lowest BCUT2D eigenvalue weighted by Crippen LogP contribution is -2.40. The number of esters is 1. The zero-order chi connectivity index (χ0) is 25.8. The molecule has 4 rings (SSSR count). The topological polar surface area (TPSA) is 79.1 Å². The molecule has 0 fully saturated rings. The maximum Gasteiger partial charge on any atom is 0.338 e. The summed E-state index contributed by atoms with van der Waals surface area (Å²) in [7, 11) is 1.57. The number of carbonyl (C=O) groups excluding carboxylic acids is 1. The van der Waals surface area contributed by atoms with Crippen molar-refractivity contribution in [1.29, 1.82) is 0 Å². The number of aromatic nitrogens is 1. The summed E-state index contributed by atoms with van der Waals surface area (Å²) in [6.45, 7) is 8.57. The molecule has 1 aliphatic heterocycles. The van der Waals surface area contributed by atoms with Gasteiger partial charge in [-0.05, 0) is 49.6 Å². The van der Waals surface area contributed by atoms with E-state index >= 15 is 0 Å². The van der Waals surface area contributed by atoms with Gasteiger partial charge < -0.3 is 14.2 Å². The van der Waals surface area contributed by atoms with Crippen LogP contribution in [0.25, 0.3) is 6.08 Å². The van der Waals surface area contributed by atoms with Crippen LogP contribution in [0.3, 0.4) is 0 Å². The van der Waals surface area contributed by atoms with Crippen LogP contribution < -0.4 is 24.4 Å². The van der Waals surface area contributed by atoms with Gasteiger partial charge in [-0.2, -0.15) is 0 Å². The van der Waals surface area contributed by atoms with E-state index in [1.54, 1.807) is 25.5 Å². The summed E-state index contributed by atoms with van der Waals surface area (Å²) in [6.07, 6.45) is 1.83. The van der Waals surface area contributed by atoms with Crippen molar-refractivity contribution < 1.29 is 19.0 Å². The summed E-state index contributed by atoms with van der Waals surface area (Å²) in [4.78, 5) is 31.9. The first-order chi connectivity index (χ1) is 17.3. The lowest BCUT2D eigenvalue weighted by atomic mass is 9.95. The van der Waals surface area contributed by atoms with Crippen molar-refractivity contribution in [3.05, 3.63) is 90.6 Å². The smallest absolute Gasteiger partial charge is 0.338 e. The highest BCUT2D eigenvalue weighted by atomic mass is 32.1. The lowest BCUT2D eigenvalue weighted by Gasteiger charge is -2.25. The molecule has 0 amide bonds. The zero-order valence-corrected chi connectivity index (χ0v) is 21.9. The molecular weight excluding hydrogens is 476 g/mol. The molecule has 1 aliphatic rings. The minimum Gasteiger partial charge on any atom is -0.496 e. The third-order valence-electron chi connectivity index (χ3n) is 5.71. The molecule has 36 heavy (non-hydrogen) atoms. The predicted octanol–water partition coefficient (Wildman–Crippen LogP) is 3.84. The van der Waals surface area contributed by atoms with Gasteiger partial charge in [0, 0.05) is 5.56 Å². The molecule has 0 spiro atoms. The number of allylic oxidation sites excluding steroid dienone is 1. The molecule has 0 saturated carbocycles. The highest BCUT2D eigenvalue weighted by Crippen LogP contribution is 2.35. The molecule has 1 aromatic heterocycles. The summed E-state index contributed by atoms with van der Waals surface area (Å²) >= 11 is 1.29. The first kappa shape index (κ1) is 25.4. The van der Waals surface area contributed by atoms with E-state index in [9.17, 15) is 9.59 Å². The predicted molar refractivity (Wildman–Crippen MR) is 140 cm³/mol. The fourth-order valence-corrected chi connectivity index (χ4v) is 5.10. The number of rotatable bonds is 8. The Morgan fingerprint density at radius 2 is 1.89 bits per heavy atom. The van der Waals surface area contributed by atoms with E-state index in [1.807, 2.05) is 54.6 Å². The van der Waals surface area contributed by atoms with E-state index in [0.717, 1.165) is 11.3 Å². The number of fused-ring (bicyclic) bond motifs is 1. The largest absolute Gasteiger partial charge is 0.496 e. The first-order valence-corrected chi connectivity index (χ1v) is 12.7. The Morgan fingerprint density at radius 1 is 1.17 bits per heavy atom. The summed E-state index contributed by atoms with van der Waals surface area (Å²) in [6, 6.07) is 14.3. The third-order valence-corrected chi connectivity index (χ3v) is 6.69. The molecule has 0 saturated heterocycles. The van der Waals surface area contributed by atoms with Crippen LogP contribution in [-0.4, -0.2) is 30.9 Å². The maximum absolute atomic E-state index is 13.7. The molecule has 188 valence electrons. The highest BCUT2D eigenvalue weighted by molar-refractivity contribution is 7.07. The fraction of sp³-hybridized carbons (Fsp3) is 0.321. The van der Waals surface area contributed by atoms with E-state index < -0.39 is 12.0 Å². The van der Waals surface area contributed by atoms with Gasteiger partial charge in [0.25, 0.3) is 5.56 Å². The summed E-state index contributed by atoms with van der Waals surface area (Å²) < 4.78 is 18.8. The second-order valence-electron chi connectivity index (χ2n) is 8.82. The number of carbonyl (C=O) groups is 1. The number of methoxy groups -OCH3 is 1. The average Bonchev–Trinajstić information content (AvgIpc) is 3.17. The number of benzene rings is 2. The van der Waals surface area contributed by atoms with Crippen LogP contribution in [0.2, 0.25) is 0 Å². The minimum atomic E-state index is -0.717. The highest BCUT2D eigenvalue weighted by Gasteiger charge is 2.34. The van der Waals surface area contributed by atoms with Gasteiger partial charge in [-0.1, -0.05) is 55.5 Å². The fourth-order valence-electron chi connectivity index (χ4n) is 4.05. The van der Waals surface area contributed by atoms with Gasteiger partial charge in [0.15, 0.2) is 4.80 Å². The van der Waals surface area contributed by atoms with Crippen LogP contribution in [0.1, 0.15) is 44.9 Å². The standard InChI is InChI=1S/C28H30N2O5S/c1-6-34-27(32)24-18(4)29-28-30(25(24)21-9-7-8-10-22(21)33-5)26(31)23(36-28)15-19-11-13-20(14-12-19)35-16-17(2)3/h7-15,17,25H,6,16H2,1-5H3. The van der Waals surface area contributed by atoms with E-state index in [4.69, 9.17) is 14.2 Å². The molecule has 1 unspecified atom stereocenters. The van der Waals surface area contributed by atoms with E-state index in [-0.39, 0.29) is 12.2 Å². The van der Waals surface area contributed by atoms with Crippen molar-refractivity contribution in [2.45, 2.75) is 33.7 Å². The van der Waals surface area contributed by atoms with Crippen LogP contribution in [0.5, 0.6) is 11.5 Å². The van der Waals surface area contributed by atoms with Crippen molar-refractivity contribution in [2.24, 2.45) is 10.9 Å². The summed E-state index contributed by atoms with van der Waals surface area (Å²) in [5.41, 5.74) is 2.17. The molecule has 2 heterocycles. The third kappa shape index (κ3) is 5.14. The minimum absolute atomic E-state index is 0.218. The van der Waals surface area contributed by atoms with Gasteiger partial charge >= 0.3 is 5.97 Å². The number of nitrogens with zero attached hydrogens (tertiary/aromatic N) is 2. The van der Waals surface area contributed by atoms with Crippen molar-refractivity contribution in [3.63, 3.8) is 0 Å². The van der Waals surface area contributed by atoms with Crippen LogP contribution >= 0.6 is 11.3 Å². The van der Waals surface area contributed by atoms with Crippen LogP contribution in [-0.2, 0) is 9.53 Å². The van der Waals surface area contributed by atoms with E-state index in [1.165, 1.54) is 11.3 Å². The Balaban J connectivity index is 1.84. The average molecular weight is 507 g/mol. The van der Waals surface area contributed by atoms with E-state index in [2.05, 4.69) is 18.8 Å². The second kappa shape index (κ2) is 11.0. The molecule has 0 aliphatic carbocycles. The van der Waals surface area contributed by atoms with Crippen molar-refractivity contribution in [2.75, 3.05) is 20.3 Å². The number of thiazole rings is 1. The Kier molecular flexibility index (Phi) is 7.74. The quantitative estimate of drug-likeness (QED) is 0.434. The molecule has 0 radical (unpaired) electrons. The number of hydrogen-bond acceptors (Lipinski definition) is 7. The normalized spacial score (nSPS) is 15.5. The van der Waals surface area contributed by atoms with Gasteiger partial charge in [-0.25, -0.2) is 9.79 Å². The molecular formula is C28H30N2O5S.